The fraction of sp³-hybridized carbons (Fsp3) is 0.417. The van der Waals surface area contributed by atoms with E-state index in [0.29, 0.717) is 11.4 Å². The van der Waals surface area contributed by atoms with Crippen molar-refractivity contribution in [1.82, 2.24) is 4.98 Å². The van der Waals surface area contributed by atoms with E-state index in [0.717, 1.165) is 19.3 Å². The van der Waals surface area contributed by atoms with Gasteiger partial charge in [0.05, 0.1) is 11.5 Å². The molecule has 1 saturated carbocycles. The van der Waals surface area contributed by atoms with E-state index >= 15 is 0 Å². The number of nitrogens with one attached hydrogen (secondary N) is 1. The van der Waals surface area contributed by atoms with Gasteiger partial charge in [0.25, 0.3) is 0 Å². The number of primary amides is 1. The molecule has 1 amide bonds. The number of hydrogen-bond acceptors (Lipinski definition) is 4. The summed E-state index contributed by atoms with van der Waals surface area (Å²) in [5, 5.41) is 12.1. The molecule has 1 aromatic rings. The van der Waals surface area contributed by atoms with E-state index in [1.807, 2.05) is 0 Å². The first kappa shape index (κ1) is 11.4. The summed E-state index contributed by atoms with van der Waals surface area (Å²) in [5.74, 6) is 0.0890. The zero-order valence-corrected chi connectivity index (χ0v) is 9.39. The molecule has 1 heterocycles. The number of aromatic nitrogens is 1. The fourth-order valence-electron chi connectivity index (χ4n) is 2.26. The second kappa shape index (κ2) is 4.83. The van der Waals surface area contributed by atoms with Gasteiger partial charge in [-0.25, -0.2) is 4.98 Å². The molecular formula is C12H14N4O. The van der Waals surface area contributed by atoms with Crippen molar-refractivity contribution < 1.29 is 4.79 Å². The smallest absolute Gasteiger partial charge is 0.222 e. The number of nitrogens with zero attached hydrogens (tertiary/aromatic N) is 2. The molecule has 1 fully saturated rings. The van der Waals surface area contributed by atoms with Crippen LogP contribution in [0.1, 0.15) is 24.8 Å². The highest BCUT2D eigenvalue weighted by atomic mass is 16.1. The predicted molar refractivity (Wildman–Crippen MR) is 62.9 cm³/mol. The lowest BCUT2D eigenvalue weighted by Gasteiger charge is -2.19. The van der Waals surface area contributed by atoms with Gasteiger partial charge in [0, 0.05) is 12.2 Å². The van der Waals surface area contributed by atoms with Crippen molar-refractivity contribution in [2.75, 3.05) is 5.32 Å². The molecule has 88 valence electrons. The Labute approximate surface area is 99.6 Å². The van der Waals surface area contributed by atoms with Crippen molar-refractivity contribution in [2.45, 2.75) is 25.3 Å². The number of carbonyl (C=O) groups excluding carboxylic acids is 1. The first-order valence-corrected chi connectivity index (χ1v) is 5.63. The second-order valence-electron chi connectivity index (χ2n) is 4.20. The fourth-order valence-corrected chi connectivity index (χ4v) is 2.26. The Kier molecular flexibility index (Phi) is 3.24. The Hall–Kier alpha value is -2.09. The van der Waals surface area contributed by atoms with Gasteiger partial charge in [0.15, 0.2) is 0 Å². The van der Waals surface area contributed by atoms with E-state index in [-0.39, 0.29) is 17.9 Å². The molecule has 0 bridgehead atoms. The van der Waals surface area contributed by atoms with Gasteiger partial charge in [-0.05, 0) is 25.0 Å². The number of anilines is 1. The molecule has 2 rings (SSSR count). The summed E-state index contributed by atoms with van der Waals surface area (Å²) in [6.45, 7) is 0. The lowest BCUT2D eigenvalue weighted by molar-refractivity contribution is -0.121. The van der Waals surface area contributed by atoms with Crippen LogP contribution >= 0.6 is 0 Å². The molecule has 2 atom stereocenters. The Morgan fingerprint density at radius 2 is 2.41 bits per heavy atom. The molecule has 1 aromatic heterocycles. The van der Waals surface area contributed by atoms with Gasteiger partial charge < -0.3 is 11.1 Å². The number of pyridine rings is 1. The van der Waals surface area contributed by atoms with Crippen molar-refractivity contribution in [3.8, 4) is 6.07 Å². The molecule has 1 aliphatic carbocycles. The van der Waals surface area contributed by atoms with E-state index in [1.165, 1.54) is 0 Å². The van der Waals surface area contributed by atoms with E-state index in [1.54, 1.807) is 18.3 Å². The summed E-state index contributed by atoms with van der Waals surface area (Å²) in [6.07, 6.45) is 4.29. The Bertz CT molecular complexity index is 466. The van der Waals surface area contributed by atoms with Crippen LogP contribution in [0.25, 0.3) is 0 Å². The lowest BCUT2D eigenvalue weighted by Crippen LogP contribution is -2.34. The van der Waals surface area contributed by atoms with Crippen LogP contribution < -0.4 is 11.1 Å². The number of amides is 1. The van der Waals surface area contributed by atoms with Crippen LogP contribution in [-0.2, 0) is 4.79 Å². The van der Waals surface area contributed by atoms with Crippen LogP contribution in [-0.4, -0.2) is 16.9 Å². The highest BCUT2D eigenvalue weighted by Crippen LogP contribution is 2.28. The maximum Gasteiger partial charge on any atom is 0.222 e. The summed E-state index contributed by atoms with van der Waals surface area (Å²) in [6, 6.07) is 5.48. The first-order chi connectivity index (χ1) is 8.22. The minimum atomic E-state index is -0.283. The standard InChI is InChI=1S/C12H14N4O/c13-7-8-3-2-6-15-12(8)16-10-5-1-4-9(10)11(14)17/h2-3,6,9-10H,1,4-5H2,(H2,14,17)(H,15,16). The molecule has 2 unspecified atom stereocenters. The lowest BCUT2D eigenvalue weighted by atomic mass is 10.0. The molecule has 0 spiro atoms. The number of rotatable bonds is 3. The summed E-state index contributed by atoms with van der Waals surface area (Å²) < 4.78 is 0. The van der Waals surface area contributed by atoms with E-state index in [9.17, 15) is 4.79 Å². The van der Waals surface area contributed by atoms with Crippen LogP contribution in [0.3, 0.4) is 0 Å². The quantitative estimate of drug-likeness (QED) is 0.810. The van der Waals surface area contributed by atoms with Gasteiger partial charge in [-0.15, -0.1) is 0 Å². The van der Waals surface area contributed by atoms with Gasteiger partial charge >= 0.3 is 0 Å². The SMILES string of the molecule is N#Cc1cccnc1NC1CCCC1C(N)=O. The van der Waals surface area contributed by atoms with Crippen molar-refractivity contribution in [1.29, 1.82) is 5.26 Å². The van der Waals surface area contributed by atoms with Gasteiger partial charge in [0.2, 0.25) is 5.91 Å². The van der Waals surface area contributed by atoms with E-state index < -0.39 is 0 Å². The highest BCUT2D eigenvalue weighted by Gasteiger charge is 2.31. The molecule has 5 heteroatoms. The summed E-state index contributed by atoms with van der Waals surface area (Å²) in [4.78, 5) is 15.4. The van der Waals surface area contributed by atoms with Crippen LogP contribution in [0.15, 0.2) is 18.3 Å². The Morgan fingerprint density at radius 1 is 1.59 bits per heavy atom. The minimum Gasteiger partial charge on any atom is -0.369 e. The number of nitriles is 1. The van der Waals surface area contributed by atoms with Gasteiger partial charge in [-0.3, -0.25) is 4.79 Å². The third-order valence-corrected chi connectivity index (χ3v) is 3.13. The number of hydrogen-bond donors (Lipinski definition) is 2. The van der Waals surface area contributed by atoms with Crippen LogP contribution in [0.2, 0.25) is 0 Å². The molecule has 0 saturated heterocycles. The van der Waals surface area contributed by atoms with Crippen molar-refractivity contribution in [3.63, 3.8) is 0 Å². The third kappa shape index (κ3) is 2.36. The molecule has 5 nitrogen and oxygen atoms in total. The maximum absolute atomic E-state index is 11.3. The zero-order valence-electron chi connectivity index (χ0n) is 9.39. The molecule has 17 heavy (non-hydrogen) atoms. The summed E-state index contributed by atoms with van der Waals surface area (Å²) in [5.41, 5.74) is 5.84. The largest absolute Gasteiger partial charge is 0.369 e. The van der Waals surface area contributed by atoms with Gasteiger partial charge in [-0.1, -0.05) is 6.42 Å². The number of nitrogens with two attached hydrogens (primary N) is 1. The van der Waals surface area contributed by atoms with Crippen LogP contribution in [0.5, 0.6) is 0 Å². The minimum absolute atomic E-state index is 0.00509. The predicted octanol–water partition coefficient (Wildman–Crippen LogP) is 1.02. The highest BCUT2D eigenvalue weighted by molar-refractivity contribution is 5.78. The molecule has 0 aromatic carbocycles. The molecule has 3 N–H and O–H groups in total. The van der Waals surface area contributed by atoms with Crippen molar-refractivity contribution in [2.24, 2.45) is 11.7 Å². The van der Waals surface area contributed by atoms with Crippen LogP contribution in [0, 0.1) is 17.2 Å². The van der Waals surface area contributed by atoms with E-state index in [4.69, 9.17) is 11.0 Å². The van der Waals surface area contributed by atoms with Gasteiger partial charge in [-0.2, -0.15) is 5.26 Å². The topological polar surface area (TPSA) is 91.8 Å². The van der Waals surface area contributed by atoms with Crippen LogP contribution in [0.4, 0.5) is 5.82 Å². The molecular weight excluding hydrogens is 216 g/mol. The van der Waals surface area contributed by atoms with Crippen molar-refractivity contribution >= 4 is 11.7 Å². The van der Waals surface area contributed by atoms with Gasteiger partial charge in [0.1, 0.15) is 11.9 Å². The third-order valence-electron chi connectivity index (χ3n) is 3.13. The first-order valence-electron chi connectivity index (χ1n) is 5.63. The maximum atomic E-state index is 11.3. The van der Waals surface area contributed by atoms with Crippen molar-refractivity contribution in [3.05, 3.63) is 23.9 Å². The summed E-state index contributed by atoms with van der Waals surface area (Å²) >= 11 is 0. The summed E-state index contributed by atoms with van der Waals surface area (Å²) in [7, 11) is 0. The monoisotopic (exact) mass is 230 g/mol. The molecule has 1 aliphatic rings. The average Bonchev–Trinajstić information content (AvgIpc) is 2.78. The van der Waals surface area contributed by atoms with E-state index in [2.05, 4.69) is 16.4 Å². The average molecular weight is 230 g/mol. The zero-order chi connectivity index (χ0) is 12.3. The molecule has 0 aliphatic heterocycles. The Morgan fingerprint density at radius 3 is 3.12 bits per heavy atom. The molecule has 0 radical (unpaired) electrons. The normalized spacial score (nSPS) is 23.0. The Balaban J connectivity index is 2.15. The second-order valence-corrected chi connectivity index (χ2v) is 4.20. The number of carbonyl (C=O) groups is 1.